The van der Waals surface area contributed by atoms with Crippen LogP contribution in [0.2, 0.25) is 15.1 Å². The van der Waals surface area contributed by atoms with Crippen molar-refractivity contribution in [3.8, 4) is 0 Å². The van der Waals surface area contributed by atoms with Crippen molar-refractivity contribution >= 4 is 70.1 Å². The summed E-state index contributed by atoms with van der Waals surface area (Å²) in [5.74, 6) is -0.326. The van der Waals surface area contributed by atoms with E-state index in [-0.39, 0.29) is 38.8 Å². The molecular formula is C11H9Cl3N6OS. The van der Waals surface area contributed by atoms with Crippen molar-refractivity contribution in [1.82, 2.24) is 15.0 Å². The Kier molecular flexibility index (Phi) is 5.52. The van der Waals surface area contributed by atoms with E-state index >= 15 is 0 Å². The first-order valence-electron chi connectivity index (χ1n) is 5.69. The second-order valence-electron chi connectivity index (χ2n) is 3.92. The molecule has 22 heavy (non-hydrogen) atoms. The molecule has 0 aliphatic heterocycles. The number of nitrogens with zero attached hydrogens (tertiary/aromatic N) is 3. The highest BCUT2D eigenvalue weighted by Gasteiger charge is 2.11. The number of anilines is 3. The Morgan fingerprint density at radius 3 is 2.27 bits per heavy atom. The van der Waals surface area contributed by atoms with E-state index in [4.69, 9.17) is 46.3 Å². The fraction of sp³-hybridized carbons (Fsp3) is 0.0909. The van der Waals surface area contributed by atoms with Crippen LogP contribution in [-0.2, 0) is 4.79 Å². The van der Waals surface area contributed by atoms with E-state index in [9.17, 15) is 4.79 Å². The molecule has 11 heteroatoms. The van der Waals surface area contributed by atoms with Gasteiger partial charge in [-0.15, -0.1) is 0 Å². The summed E-state index contributed by atoms with van der Waals surface area (Å²) in [4.78, 5) is 23.2. The Morgan fingerprint density at radius 1 is 1.05 bits per heavy atom. The van der Waals surface area contributed by atoms with Crippen LogP contribution in [0.4, 0.5) is 17.6 Å². The minimum absolute atomic E-state index is 0.0112. The zero-order valence-electron chi connectivity index (χ0n) is 10.8. The summed E-state index contributed by atoms with van der Waals surface area (Å²) in [5.41, 5.74) is 11.2. The maximum absolute atomic E-state index is 11.9. The number of nitrogen functional groups attached to an aromatic ring is 2. The van der Waals surface area contributed by atoms with Gasteiger partial charge < -0.3 is 16.8 Å². The number of nitrogens with one attached hydrogen (secondary N) is 1. The fourth-order valence-electron chi connectivity index (χ4n) is 1.39. The zero-order chi connectivity index (χ0) is 16.3. The van der Waals surface area contributed by atoms with E-state index in [1.165, 1.54) is 12.1 Å². The van der Waals surface area contributed by atoms with Gasteiger partial charge in [-0.1, -0.05) is 46.6 Å². The van der Waals surface area contributed by atoms with Crippen LogP contribution in [0.1, 0.15) is 0 Å². The third-order valence-electron chi connectivity index (χ3n) is 2.27. The van der Waals surface area contributed by atoms with Crippen molar-refractivity contribution < 1.29 is 4.79 Å². The smallest absolute Gasteiger partial charge is 0.234 e. The van der Waals surface area contributed by atoms with Gasteiger partial charge in [0.25, 0.3) is 0 Å². The van der Waals surface area contributed by atoms with E-state index in [0.717, 1.165) is 11.8 Å². The molecule has 1 amide bonds. The van der Waals surface area contributed by atoms with Crippen molar-refractivity contribution in [3.05, 3.63) is 27.2 Å². The molecule has 0 atom stereocenters. The van der Waals surface area contributed by atoms with Crippen molar-refractivity contribution in [1.29, 1.82) is 0 Å². The zero-order valence-corrected chi connectivity index (χ0v) is 13.9. The Labute approximate surface area is 144 Å². The minimum atomic E-state index is -0.331. The van der Waals surface area contributed by atoms with E-state index in [1.54, 1.807) is 0 Å². The number of thioether (sulfide) groups is 1. The molecule has 2 aromatic rings. The molecule has 0 radical (unpaired) electrons. The van der Waals surface area contributed by atoms with Gasteiger partial charge in [0.15, 0.2) is 5.16 Å². The van der Waals surface area contributed by atoms with Crippen molar-refractivity contribution in [2.75, 3.05) is 22.5 Å². The fourth-order valence-corrected chi connectivity index (χ4v) is 2.63. The van der Waals surface area contributed by atoms with E-state index in [2.05, 4.69) is 20.3 Å². The van der Waals surface area contributed by atoms with Crippen LogP contribution in [-0.4, -0.2) is 26.6 Å². The van der Waals surface area contributed by atoms with Crippen molar-refractivity contribution in [2.24, 2.45) is 0 Å². The van der Waals surface area contributed by atoms with E-state index in [0.29, 0.717) is 10.7 Å². The van der Waals surface area contributed by atoms with Gasteiger partial charge in [0.1, 0.15) is 0 Å². The van der Waals surface area contributed by atoms with Crippen LogP contribution in [0.5, 0.6) is 0 Å². The number of hydrogen-bond acceptors (Lipinski definition) is 7. The number of benzene rings is 1. The highest BCUT2D eigenvalue weighted by molar-refractivity contribution is 7.99. The summed E-state index contributed by atoms with van der Waals surface area (Å²) in [6.45, 7) is 0. The maximum Gasteiger partial charge on any atom is 0.234 e. The number of nitrogens with two attached hydrogens (primary N) is 2. The van der Waals surface area contributed by atoms with E-state index in [1.807, 2.05) is 0 Å². The lowest BCUT2D eigenvalue weighted by atomic mass is 10.3. The van der Waals surface area contributed by atoms with Crippen LogP contribution >= 0.6 is 46.6 Å². The molecule has 0 unspecified atom stereocenters. The Bertz CT molecular complexity index is 709. The van der Waals surface area contributed by atoms with Crippen molar-refractivity contribution in [2.45, 2.75) is 5.16 Å². The van der Waals surface area contributed by atoms with Crippen LogP contribution in [0.15, 0.2) is 17.3 Å². The predicted octanol–water partition coefficient (Wildman–Crippen LogP) is 2.73. The lowest BCUT2D eigenvalue weighted by Gasteiger charge is -2.08. The molecule has 0 aliphatic rings. The quantitative estimate of drug-likeness (QED) is 0.551. The lowest BCUT2D eigenvalue weighted by Crippen LogP contribution is -2.15. The van der Waals surface area contributed by atoms with Crippen molar-refractivity contribution in [3.63, 3.8) is 0 Å². The molecule has 5 N–H and O–H groups in total. The van der Waals surface area contributed by atoms with Gasteiger partial charge in [-0.3, -0.25) is 4.79 Å². The summed E-state index contributed by atoms with van der Waals surface area (Å²) in [7, 11) is 0. The minimum Gasteiger partial charge on any atom is -0.368 e. The van der Waals surface area contributed by atoms with Gasteiger partial charge >= 0.3 is 0 Å². The molecule has 0 saturated carbocycles. The SMILES string of the molecule is Nc1nc(N)nc(SCC(=O)Nc2cc(Cl)c(Cl)cc2Cl)n1. The summed E-state index contributed by atoms with van der Waals surface area (Å²) in [6.07, 6.45) is 0. The van der Waals surface area contributed by atoms with Gasteiger partial charge in [0.2, 0.25) is 17.8 Å². The normalized spacial score (nSPS) is 10.5. The summed E-state index contributed by atoms with van der Waals surface area (Å²) in [6, 6.07) is 2.91. The monoisotopic (exact) mass is 378 g/mol. The highest BCUT2D eigenvalue weighted by atomic mass is 35.5. The summed E-state index contributed by atoms with van der Waals surface area (Å²) in [5, 5.41) is 3.72. The second kappa shape index (κ2) is 7.19. The van der Waals surface area contributed by atoms with Crippen LogP contribution in [0.25, 0.3) is 0 Å². The number of halogens is 3. The molecule has 1 aromatic carbocycles. The average molecular weight is 380 g/mol. The third-order valence-corrected chi connectivity index (χ3v) is 4.15. The first-order chi connectivity index (χ1) is 10.3. The van der Waals surface area contributed by atoms with Gasteiger partial charge in [0.05, 0.1) is 26.5 Å². The lowest BCUT2D eigenvalue weighted by molar-refractivity contribution is -0.113. The standard InChI is InChI=1S/C11H9Cl3N6OS/c12-4-1-6(14)7(2-5(4)13)17-8(21)3-22-11-19-9(15)18-10(16)20-11/h1-2H,3H2,(H,17,21)(H4,15,16,18,19,20). The molecule has 1 heterocycles. The molecule has 0 spiro atoms. The Morgan fingerprint density at radius 2 is 1.64 bits per heavy atom. The maximum atomic E-state index is 11.9. The summed E-state index contributed by atoms with van der Waals surface area (Å²) >= 11 is 18.7. The Balaban J connectivity index is 2.00. The molecule has 0 saturated heterocycles. The number of amides is 1. The van der Waals surface area contributed by atoms with Gasteiger partial charge in [-0.25, -0.2) is 0 Å². The first kappa shape index (κ1) is 16.9. The second-order valence-corrected chi connectivity index (χ2v) is 6.08. The molecule has 116 valence electrons. The van der Waals surface area contributed by atoms with Gasteiger partial charge in [-0.05, 0) is 12.1 Å². The molecule has 0 aliphatic carbocycles. The molecule has 7 nitrogen and oxygen atoms in total. The molecule has 2 rings (SSSR count). The van der Waals surface area contributed by atoms with Crippen LogP contribution in [0.3, 0.4) is 0 Å². The third kappa shape index (κ3) is 4.51. The highest BCUT2D eigenvalue weighted by Crippen LogP contribution is 2.32. The number of carbonyl (C=O) groups excluding carboxylic acids is 1. The molecule has 1 aromatic heterocycles. The number of hydrogen-bond donors (Lipinski definition) is 3. The first-order valence-corrected chi connectivity index (χ1v) is 7.81. The summed E-state index contributed by atoms with van der Waals surface area (Å²) < 4.78 is 0. The molecule has 0 fully saturated rings. The largest absolute Gasteiger partial charge is 0.368 e. The number of rotatable bonds is 4. The number of aromatic nitrogens is 3. The van der Waals surface area contributed by atoms with E-state index < -0.39 is 0 Å². The van der Waals surface area contributed by atoms with Crippen LogP contribution < -0.4 is 16.8 Å². The topological polar surface area (TPSA) is 120 Å². The predicted molar refractivity (Wildman–Crippen MR) is 89.5 cm³/mol. The molecular weight excluding hydrogens is 371 g/mol. The van der Waals surface area contributed by atoms with Gasteiger partial charge in [-0.2, -0.15) is 15.0 Å². The van der Waals surface area contributed by atoms with Crippen LogP contribution in [0, 0.1) is 0 Å². The molecule has 0 bridgehead atoms. The van der Waals surface area contributed by atoms with Gasteiger partial charge in [0, 0.05) is 0 Å². The Hall–Kier alpha value is -1.48. The number of carbonyl (C=O) groups is 1. The average Bonchev–Trinajstić information content (AvgIpc) is 2.41.